The molecule has 4 N–H and O–H groups in total. The van der Waals surface area contributed by atoms with Crippen LogP contribution in [0.3, 0.4) is 0 Å². The van der Waals surface area contributed by atoms with Crippen molar-refractivity contribution >= 4 is 17.4 Å². The number of fused-ring (bicyclic) bond motifs is 1. The smallest absolute Gasteiger partial charge is 0.269 e. The molecule has 0 bridgehead atoms. The Hall–Kier alpha value is -3.59. The average molecular weight is 408 g/mol. The molecule has 1 saturated heterocycles. The molecule has 8 nitrogen and oxygen atoms in total. The van der Waals surface area contributed by atoms with Crippen LogP contribution in [0, 0.1) is 5.82 Å². The largest absolute Gasteiger partial charge is 0.457 e. The van der Waals surface area contributed by atoms with Gasteiger partial charge in [-0.15, -0.1) is 5.10 Å². The summed E-state index contributed by atoms with van der Waals surface area (Å²) in [6.07, 6.45) is 0. The molecule has 1 fully saturated rings. The number of nitrogens with two attached hydrogens (primary N) is 1. The third-order valence-electron chi connectivity index (χ3n) is 5.34. The Kier molecular flexibility index (Phi) is 4.51. The summed E-state index contributed by atoms with van der Waals surface area (Å²) in [6.45, 7) is 3.32. The number of carbonyl (C=O) groups is 1. The number of benzene rings is 2. The Bertz CT molecular complexity index is 1090. The lowest BCUT2D eigenvalue weighted by molar-refractivity contribution is 0.0993. The first-order valence-electron chi connectivity index (χ1n) is 9.78. The van der Waals surface area contributed by atoms with Gasteiger partial charge in [0.1, 0.15) is 23.0 Å². The van der Waals surface area contributed by atoms with Gasteiger partial charge < -0.3 is 26.0 Å². The summed E-state index contributed by atoms with van der Waals surface area (Å²) < 4.78 is 20.6. The van der Waals surface area contributed by atoms with Crippen molar-refractivity contribution < 1.29 is 13.9 Å². The average Bonchev–Trinajstić information content (AvgIpc) is 3.08. The normalized spacial score (nSPS) is 15.8. The summed E-state index contributed by atoms with van der Waals surface area (Å²) in [5.74, 6) is 0.772. The van der Waals surface area contributed by atoms with E-state index in [1.54, 1.807) is 41.1 Å². The van der Waals surface area contributed by atoms with Crippen LogP contribution in [0.5, 0.6) is 11.5 Å². The van der Waals surface area contributed by atoms with Crippen molar-refractivity contribution in [3.8, 4) is 17.2 Å². The molecule has 9 heteroatoms. The maximum atomic E-state index is 13.4. The molecule has 2 aromatic carbocycles. The third-order valence-corrected chi connectivity index (χ3v) is 5.34. The number of hydrogen-bond donors (Lipinski definition) is 3. The van der Waals surface area contributed by atoms with Crippen molar-refractivity contribution in [2.24, 2.45) is 5.73 Å². The highest BCUT2D eigenvalue weighted by atomic mass is 19.1. The molecule has 2 aliphatic rings. The molecule has 0 aliphatic carbocycles. The van der Waals surface area contributed by atoms with Gasteiger partial charge in [0.2, 0.25) is 0 Å². The minimum absolute atomic E-state index is 0.320. The van der Waals surface area contributed by atoms with Gasteiger partial charge in [-0.25, -0.2) is 9.07 Å². The predicted molar refractivity (Wildman–Crippen MR) is 111 cm³/mol. The lowest BCUT2D eigenvalue weighted by atomic mass is 10.1. The molecule has 1 aromatic heterocycles. The fourth-order valence-corrected chi connectivity index (χ4v) is 3.76. The maximum Gasteiger partial charge on any atom is 0.269 e. The molecule has 1 amide bonds. The fourth-order valence-electron chi connectivity index (χ4n) is 3.76. The molecule has 0 spiro atoms. The van der Waals surface area contributed by atoms with Crippen molar-refractivity contribution in [1.29, 1.82) is 0 Å². The standard InChI is InChI=1S/C21H21FN6O2/c22-13-2-1-3-17(10-13)30-16-6-4-14(5-7-16)28-19(20(23)29)18-21(26-28)27(9-8-25-18)15-11-24-12-15/h1-7,10,15,24-25H,8-9,11-12H2,(H2,23,29). The zero-order valence-corrected chi connectivity index (χ0v) is 16.1. The molecule has 0 radical (unpaired) electrons. The highest BCUT2D eigenvalue weighted by molar-refractivity contribution is 6.00. The lowest BCUT2D eigenvalue weighted by Gasteiger charge is -2.40. The molecule has 2 aliphatic heterocycles. The SMILES string of the molecule is NC(=O)c1c2c(nn1-c1ccc(Oc3cccc(F)c3)cc1)N(C1CNC1)CCN2. The topological polar surface area (TPSA) is 97.4 Å². The first-order chi connectivity index (χ1) is 14.6. The highest BCUT2D eigenvalue weighted by Gasteiger charge is 2.34. The van der Waals surface area contributed by atoms with Crippen LogP contribution in [0.2, 0.25) is 0 Å². The van der Waals surface area contributed by atoms with Crippen LogP contribution < -0.4 is 26.0 Å². The number of anilines is 2. The summed E-state index contributed by atoms with van der Waals surface area (Å²) in [5.41, 5.74) is 7.37. The molecule has 5 rings (SSSR count). The summed E-state index contributed by atoms with van der Waals surface area (Å²) in [7, 11) is 0. The number of aromatic nitrogens is 2. The number of hydrogen-bond acceptors (Lipinski definition) is 6. The zero-order chi connectivity index (χ0) is 20.7. The van der Waals surface area contributed by atoms with E-state index in [4.69, 9.17) is 15.6 Å². The van der Waals surface area contributed by atoms with Gasteiger partial charge in [0, 0.05) is 32.2 Å². The molecular weight excluding hydrogens is 387 g/mol. The number of nitrogens with zero attached hydrogens (tertiary/aromatic N) is 3. The van der Waals surface area contributed by atoms with Crippen LogP contribution in [0.25, 0.3) is 5.69 Å². The number of rotatable bonds is 5. The second-order valence-electron chi connectivity index (χ2n) is 7.31. The van der Waals surface area contributed by atoms with Gasteiger partial charge in [-0.1, -0.05) is 6.07 Å². The molecule has 0 unspecified atom stereocenters. The molecule has 3 heterocycles. The Morgan fingerprint density at radius 2 is 1.97 bits per heavy atom. The van der Waals surface area contributed by atoms with Gasteiger partial charge in [-0.05, 0) is 36.4 Å². The first-order valence-corrected chi connectivity index (χ1v) is 9.78. The second-order valence-corrected chi connectivity index (χ2v) is 7.31. The number of carbonyl (C=O) groups excluding carboxylic acids is 1. The van der Waals surface area contributed by atoms with E-state index in [0.717, 1.165) is 32.0 Å². The Labute approximate surface area is 172 Å². The van der Waals surface area contributed by atoms with Gasteiger partial charge >= 0.3 is 0 Å². The fraction of sp³-hybridized carbons (Fsp3) is 0.238. The summed E-state index contributed by atoms with van der Waals surface area (Å²) in [6, 6.07) is 13.4. The van der Waals surface area contributed by atoms with Crippen LogP contribution in [0.15, 0.2) is 48.5 Å². The number of nitrogens with one attached hydrogen (secondary N) is 2. The third kappa shape index (κ3) is 3.22. The molecule has 0 atom stereocenters. The van der Waals surface area contributed by atoms with E-state index in [1.165, 1.54) is 12.1 Å². The Morgan fingerprint density at radius 1 is 1.17 bits per heavy atom. The summed E-state index contributed by atoms with van der Waals surface area (Å²) >= 11 is 0. The van der Waals surface area contributed by atoms with Crippen molar-refractivity contribution in [2.75, 3.05) is 36.4 Å². The lowest BCUT2D eigenvalue weighted by Crippen LogP contribution is -2.59. The predicted octanol–water partition coefficient (Wildman–Crippen LogP) is 2.11. The minimum atomic E-state index is -0.551. The number of amides is 1. The van der Waals surface area contributed by atoms with Crippen molar-refractivity contribution in [3.05, 3.63) is 60.0 Å². The number of ether oxygens (including phenoxy) is 1. The van der Waals surface area contributed by atoms with Crippen molar-refractivity contribution in [3.63, 3.8) is 0 Å². The molecule has 3 aromatic rings. The second kappa shape index (κ2) is 7.34. The number of primary amides is 1. The van der Waals surface area contributed by atoms with Gasteiger partial charge in [0.25, 0.3) is 5.91 Å². The first kappa shape index (κ1) is 18.4. The monoisotopic (exact) mass is 408 g/mol. The van der Waals surface area contributed by atoms with E-state index in [-0.39, 0.29) is 5.82 Å². The zero-order valence-electron chi connectivity index (χ0n) is 16.1. The summed E-state index contributed by atoms with van der Waals surface area (Å²) in [5, 5.41) is 11.3. The van der Waals surface area contributed by atoms with Crippen LogP contribution in [-0.4, -0.2) is 47.9 Å². The van der Waals surface area contributed by atoms with E-state index in [9.17, 15) is 9.18 Å². The molecule has 154 valence electrons. The Morgan fingerprint density at radius 3 is 2.63 bits per heavy atom. The van der Waals surface area contributed by atoms with Crippen LogP contribution in [-0.2, 0) is 0 Å². The molecular formula is C21H21FN6O2. The van der Waals surface area contributed by atoms with E-state index in [0.29, 0.717) is 34.6 Å². The van der Waals surface area contributed by atoms with Gasteiger partial charge in [0.15, 0.2) is 11.5 Å². The van der Waals surface area contributed by atoms with Crippen molar-refractivity contribution in [2.45, 2.75) is 6.04 Å². The van der Waals surface area contributed by atoms with Crippen LogP contribution >= 0.6 is 0 Å². The number of halogens is 1. The van der Waals surface area contributed by atoms with E-state index in [1.807, 2.05) is 0 Å². The quantitative estimate of drug-likeness (QED) is 0.598. The van der Waals surface area contributed by atoms with Crippen LogP contribution in [0.4, 0.5) is 15.9 Å². The highest BCUT2D eigenvalue weighted by Crippen LogP contribution is 2.35. The van der Waals surface area contributed by atoms with Gasteiger partial charge in [-0.2, -0.15) is 0 Å². The molecule has 30 heavy (non-hydrogen) atoms. The minimum Gasteiger partial charge on any atom is -0.457 e. The maximum absolute atomic E-state index is 13.4. The molecule has 0 saturated carbocycles. The van der Waals surface area contributed by atoms with E-state index >= 15 is 0 Å². The Balaban J connectivity index is 1.47. The van der Waals surface area contributed by atoms with Crippen molar-refractivity contribution in [1.82, 2.24) is 15.1 Å². The van der Waals surface area contributed by atoms with Gasteiger partial charge in [0.05, 0.1) is 11.7 Å². The van der Waals surface area contributed by atoms with Crippen LogP contribution in [0.1, 0.15) is 10.5 Å². The van der Waals surface area contributed by atoms with E-state index < -0.39 is 5.91 Å². The summed E-state index contributed by atoms with van der Waals surface area (Å²) in [4.78, 5) is 14.5. The van der Waals surface area contributed by atoms with Gasteiger partial charge in [-0.3, -0.25) is 4.79 Å². The van der Waals surface area contributed by atoms with E-state index in [2.05, 4.69) is 15.5 Å².